The largest absolute Gasteiger partial charge is 0.490 e. The lowest BCUT2D eigenvalue weighted by Crippen LogP contribution is -2.23. The Bertz CT molecular complexity index is 1570. The Hall–Kier alpha value is -2.49. The van der Waals surface area contributed by atoms with Gasteiger partial charge in [-0.1, -0.05) is 59.6 Å². The topological polar surface area (TPSA) is 65.7 Å². The second kappa shape index (κ2) is 12.6. The standard InChI is InChI=1S/C29H28Br3N3O3/c1-5-18(4)28-34-23-11-10-21(30)14-22(23)29(36)35(28)33-15-20-13-24(37-6-2)27(26(32)25(20)31)38-16-19-9-7-8-17(3)12-19/h7-15,18H,5-6,16H2,1-4H3/t18-/m0/s1. The van der Waals surface area contributed by atoms with Crippen LogP contribution in [0.25, 0.3) is 10.9 Å². The second-order valence-corrected chi connectivity index (χ2v) is 11.4. The predicted octanol–water partition coefficient (Wildman–Crippen LogP) is 8.37. The highest BCUT2D eigenvalue weighted by atomic mass is 79.9. The van der Waals surface area contributed by atoms with Crippen molar-refractivity contribution >= 4 is 64.9 Å². The van der Waals surface area contributed by atoms with Crippen molar-refractivity contribution in [3.8, 4) is 11.5 Å². The maximum atomic E-state index is 13.5. The Morgan fingerprint density at radius 2 is 1.84 bits per heavy atom. The highest BCUT2D eigenvalue weighted by molar-refractivity contribution is 9.13. The quantitative estimate of drug-likeness (QED) is 0.164. The summed E-state index contributed by atoms with van der Waals surface area (Å²) in [7, 11) is 0. The van der Waals surface area contributed by atoms with Crippen molar-refractivity contribution < 1.29 is 9.47 Å². The molecule has 0 bridgehead atoms. The maximum absolute atomic E-state index is 13.5. The molecule has 4 aromatic rings. The maximum Gasteiger partial charge on any atom is 0.282 e. The van der Waals surface area contributed by atoms with Crippen molar-refractivity contribution in [2.75, 3.05) is 6.61 Å². The van der Waals surface area contributed by atoms with E-state index in [2.05, 4.69) is 78.9 Å². The van der Waals surface area contributed by atoms with Gasteiger partial charge in [-0.2, -0.15) is 9.78 Å². The third kappa shape index (κ3) is 6.21. The molecule has 0 aliphatic carbocycles. The summed E-state index contributed by atoms with van der Waals surface area (Å²) in [6.45, 7) is 8.94. The highest BCUT2D eigenvalue weighted by Crippen LogP contribution is 2.43. The van der Waals surface area contributed by atoms with Gasteiger partial charge < -0.3 is 9.47 Å². The van der Waals surface area contributed by atoms with Gasteiger partial charge in [0.15, 0.2) is 11.5 Å². The molecule has 0 aliphatic rings. The first-order valence-corrected chi connectivity index (χ1v) is 14.7. The molecule has 0 aliphatic heterocycles. The van der Waals surface area contributed by atoms with Crippen LogP contribution >= 0.6 is 47.8 Å². The third-order valence-electron chi connectivity index (χ3n) is 6.12. The van der Waals surface area contributed by atoms with Crippen LogP contribution in [0.1, 0.15) is 55.6 Å². The van der Waals surface area contributed by atoms with E-state index in [1.807, 2.05) is 44.2 Å². The van der Waals surface area contributed by atoms with Crippen molar-refractivity contribution in [2.45, 2.75) is 46.6 Å². The van der Waals surface area contributed by atoms with Crippen LogP contribution in [0.2, 0.25) is 0 Å². The van der Waals surface area contributed by atoms with Crippen LogP contribution in [0.3, 0.4) is 0 Å². The average Bonchev–Trinajstić information content (AvgIpc) is 2.90. The van der Waals surface area contributed by atoms with Gasteiger partial charge in [0.05, 0.1) is 28.2 Å². The van der Waals surface area contributed by atoms with Crippen LogP contribution in [0, 0.1) is 6.92 Å². The Balaban J connectivity index is 1.77. The number of benzene rings is 3. The summed E-state index contributed by atoms with van der Waals surface area (Å²) in [5.41, 5.74) is 3.39. The Labute approximate surface area is 247 Å². The van der Waals surface area contributed by atoms with Gasteiger partial charge in [-0.05, 0) is 82.0 Å². The van der Waals surface area contributed by atoms with Gasteiger partial charge in [-0.25, -0.2) is 4.98 Å². The number of fused-ring (bicyclic) bond motifs is 1. The molecule has 4 rings (SSSR count). The number of nitrogens with zero attached hydrogens (tertiary/aromatic N) is 3. The van der Waals surface area contributed by atoms with Crippen LogP contribution in [-0.2, 0) is 6.61 Å². The fraction of sp³-hybridized carbons (Fsp3) is 0.276. The molecular weight excluding hydrogens is 678 g/mol. The molecule has 1 aromatic heterocycles. The van der Waals surface area contributed by atoms with Gasteiger partial charge >= 0.3 is 0 Å². The number of halogens is 3. The monoisotopic (exact) mass is 703 g/mol. The van der Waals surface area contributed by atoms with Crippen LogP contribution in [0.4, 0.5) is 0 Å². The summed E-state index contributed by atoms with van der Waals surface area (Å²) < 4.78 is 15.8. The first kappa shape index (κ1) is 28.5. The lowest BCUT2D eigenvalue weighted by Gasteiger charge is -2.17. The fourth-order valence-electron chi connectivity index (χ4n) is 3.95. The predicted molar refractivity (Wildman–Crippen MR) is 164 cm³/mol. The number of hydrogen-bond donors (Lipinski definition) is 0. The minimum atomic E-state index is -0.221. The number of aryl methyl sites for hydroxylation is 1. The average molecular weight is 706 g/mol. The fourth-order valence-corrected chi connectivity index (χ4v) is 5.25. The lowest BCUT2D eigenvalue weighted by atomic mass is 10.1. The van der Waals surface area contributed by atoms with E-state index in [0.717, 1.165) is 26.5 Å². The van der Waals surface area contributed by atoms with Gasteiger partial charge in [0.25, 0.3) is 5.56 Å². The normalized spacial score (nSPS) is 12.3. The molecule has 0 amide bonds. The molecule has 0 radical (unpaired) electrons. The summed E-state index contributed by atoms with van der Waals surface area (Å²) in [4.78, 5) is 18.3. The molecule has 38 heavy (non-hydrogen) atoms. The van der Waals surface area contributed by atoms with Crippen LogP contribution in [-0.4, -0.2) is 22.5 Å². The number of rotatable bonds is 9. The smallest absolute Gasteiger partial charge is 0.282 e. The number of hydrogen-bond acceptors (Lipinski definition) is 5. The Kier molecular flexibility index (Phi) is 9.44. The van der Waals surface area contributed by atoms with E-state index >= 15 is 0 Å². The highest BCUT2D eigenvalue weighted by Gasteiger charge is 2.19. The van der Waals surface area contributed by atoms with E-state index in [1.54, 1.807) is 12.3 Å². The van der Waals surface area contributed by atoms with E-state index in [9.17, 15) is 4.79 Å². The molecule has 1 heterocycles. The van der Waals surface area contributed by atoms with Crippen molar-refractivity contribution in [1.82, 2.24) is 9.66 Å². The molecule has 3 aromatic carbocycles. The first-order valence-electron chi connectivity index (χ1n) is 12.3. The first-order chi connectivity index (χ1) is 18.2. The van der Waals surface area contributed by atoms with E-state index in [1.165, 1.54) is 10.2 Å². The molecule has 0 unspecified atom stereocenters. The Morgan fingerprint density at radius 3 is 2.55 bits per heavy atom. The zero-order valence-corrected chi connectivity index (χ0v) is 26.4. The van der Waals surface area contributed by atoms with Crippen LogP contribution in [0.15, 0.2) is 71.8 Å². The molecule has 0 saturated heterocycles. The second-order valence-electron chi connectivity index (χ2n) is 8.93. The molecule has 0 fully saturated rings. The molecule has 1 atom stereocenters. The third-order valence-corrected chi connectivity index (χ3v) is 8.76. The van der Waals surface area contributed by atoms with Gasteiger partial charge in [0.1, 0.15) is 12.4 Å². The summed E-state index contributed by atoms with van der Waals surface area (Å²) in [5.74, 6) is 1.82. The number of aromatic nitrogens is 2. The number of ether oxygens (including phenoxy) is 2. The van der Waals surface area contributed by atoms with Crippen molar-refractivity contribution in [2.24, 2.45) is 5.10 Å². The minimum absolute atomic E-state index is 0.0412. The van der Waals surface area contributed by atoms with E-state index in [0.29, 0.717) is 45.9 Å². The summed E-state index contributed by atoms with van der Waals surface area (Å²) in [6, 6.07) is 15.5. The minimum Gasteiger partial charge on any atom is -0.490 e. The molecule has 0 spiro atoms. The van der Waals surface area contributed by atoms with Crippen LogP contribution in [0.5, 0.6) is 11.5 Å². The zero-order valence-electron chi connectivity index (χ0n) is 21.6. The molecular formula is C29H28Br3N3O3. The van der Waals surface area contributed by atoms with Gasteiger partial charge in [0.2, 0.25) is 0 Å². The SMILES string of the molecule is CCOc1cc(C=Nn2c([C@@H](C)CC)nc3ccc(Br)cc3c2=O)c(Br)c(Br)c1OCc1cccc(C)c1. The van der Waals surface area contributed by atoms with Crippen molar-refractivity contribution in [3.63, 3.8) is 0 Å². The van der Waals surface area contributed by atoms with Crippen molar-refractivity contribution in [1.29, 1.82) is 0 Å². The summed E-state index contributed by atoms with van der Waals surface area (Å²) >= 11 is 10.8. The molecule has 198 valence electrons. The summed E-state index contributed by atoms with van der Waals surface area (Å²) in [6.07, 6.45) is 2.46. The Morgan fingerprint density at radius 1 is 1.05 bits per heavy atom. The zero-order chi connectivity index (χ0) is 27.4. The van der Waals surface area contributed by atoms with Crippen molar-refractivity contribution in [3.05, 3.63) is 94.8 Å². The molecule has 0 saturated carbocycles. The van der Waals surface area contributed by atoms with E-state index < -0.39 is 0 Å². The van der Waals surface area contributed by atoms with E-state index in [-0.39, 0.29) is 11.5 Å². The van der Waals surface area contributed by atoms with Crippen LogP contribution < -0.4 is 15.0 Å². The lowest BCUT2D eigenvalue weighted by molar-refractivity contribution is 0.267. The molecule has 6 nitrogen and oxygen atoms in total. The van der Waals surface area contributed by atoms with Gasteiger partial charge in [0, 0.05) is 20.4 Å². The summed E-state index contributed by atoms with van der Waals surface area (Å²) in [5, 5.41) is 5.11. The van der Waals surface area contributed by atoms with E-state index in [4.69, 9.17) is 14.5 Å². The molecule has 0 N–H and O–H groups in total. The van der Waals surface area contributed by atoms with Gasteiger partial charge in [-0.15, -0.1) is 0 Å². The molecule has 9 heteroatoms. The van der Waals surface area contributed by atoms with Gasteiger partial charge in [-0.3, -0.25) is 4.79 Å².